The highest BCUT2D eigenvalue weighted by molar-refractivity contribution is 14.1. The van der Waals surface area contributed by atoms with Crippen molar-refractivity contribution in [3.8, 4) is 0 Å². The van der Waals surface area contributed by atoms with Gasteiger partial charge >= 0.3 is 0 Å². The fourth-order valence-corrected chi connectivity index (χ4v) is 1.78. The minimum Gasteiger partial charge on any atom is -0.308 e. The standard InChI is InChI=1S/C9H9IN4O/c1-13-11-4-8(12-13)6-14-5-7(10)2-3-9(14)15/h2-5H,6H2,1H3. The molecule has 2 aromatic rings. The largest absolute Gasteiger partial charge is 0.308 e. The third kappa shape index (κ3) is 2.44. The van der Waals surface area contributed by atoms with E-state index in [2.05, 4.69) is 32.8 Å². The molecule has 0 aromatic carbocycles. The molecule has 0 spiro atoms. The fourth-order valence-electron chi connectivity index (χ4n) is 1.26. The molecule has 0 bridgehead atoms. The van der Waals surface area contributed by atoms with E-state index >= 15 is 0 Å². The van der Waals surface area contributed by atoms with Crippen molar-refractivity contribution in [2.24, 2.45) is 7.05 Å². The summed E-state index contributed by atoms with van der Waals surface area (Å²) in [7, 11) is 1.75. The number of hydrogen-bond acceptors (Lipinski definition) is 3. The number of hydrogen-bond donors (Lipinski definition) is 0. The molecule has 5 nitrogen and oxygen atoms in total. The van der Waals surface area contributed by atoms with Gasteiger partial charge in [-0.15, -0.1) is 0 Å². The maximum absolute atomic E-state index is 11.5. The van der Waals surface area contributed by atoms with Crippen molar-refractivity contribution in [1.29, 1.82) is 0 Å². The molecule has 0 aliphatic carbocycles. The first kappa shape index (κ1) is 10.3. The van der Waals surface area contributed by atoms with E-state index in [1.54, 1.807) is 36.1 Å². The Kier molecular flexibility index (Phi) is 2.85. The van der Waals surface area contributed by atoms with Crippen LogP contribution < -0.4 is 5.56 Å². The molecule has 0 saturated heterocycles. The van der Waals surface area contributed by atoms with Crippen LogP contribution in [0.1, 0.15) is 5.69 Å². The highest BCUT2D eigenvalue weighted by Gasteiger charge is 2.01. The van der Waals surface area contributed by atoms with Gasteiger partial charge in [-0.2, -0.15) is 15.0 Å². The smallest absolute Gasteiger partial charge is 0.250 e. The zero-order chi connectivity index (χ0) is 10.8. The third-order valence-electron chi connectivity index (χ3n) is 1.93. The van der Waals surface area contributed by atoms with Crippen LogP contribution in [0.5, 0.6) is 0 Å². The quantitative estimate of drug-likeness (QED) is 0.764. The second kappa shape index (κ2) is 4.13. The summed E-state index contributed by atoms with van der Waals surface area (Å²) in [6.45, 7) is 0.462. The van der Waals surface area contributed by atoms with Crippen LogP contribution in [-0.4, -0.2) is 19.6 Å². The topological polar surface area (TPSA) is 52.7 Å². The van der Waals surface area contributed by atoms with Crippen molar-refractivity contribution in [1.82, 2.24) is 19.6 Å². The summed E-state index contributed by atoms with van der Waals surface area (Å²) in [4.78, 5) is 13.0. The first-order valence-corrected chi connectivity index (χ1v) is 5.44. The van der Waals surface area contributed by atoms with Gasteiger partial charge < -0.3 is 4.57 Å². The summed E-state index contributed by atoms with van der Waals surface area (Å²) in [5.74, 6) is 0. The molecule has 0 aliphatic heterocycles. The van der Waals surface area contributed by atoms with Gasteiger partial charge in [-0.1, -0.05) is 0 Å². The van der Waals surface area contributed by atoms with Crippen molar-refractivity contribution in [2.45, 2.75) is 6.54 Å². The molecule has 2 heterocycles. The Hall–Kier alpha value is -1.18. The predicted octanol–water partition coefficient (Wildman–Crippen LogP) is 0.630. The van der Waals surface area contributed by atoms with Crippen LogP contribution in [0.2, 0.25) is 0 Å². The average Bonchev–Trinajstić information content (AvgIpc) is 2.58. The summed E-state index contributed by atoms with van der Waals surface area (Å²) in [6, 6.07) is 3.34. The van der Waals surface area contributed by atoms with Crippen molar-refractivity contribution in [3.63, 3.8) is 0 Å². The minimum absolute atomic E-state index is 0.0268. The summed E-state index contributed by atoms with van der Waals surface area (Å²) < 4.78 is 2.64. The normalized spacial score (nSPS) is 10.5. The zero-order valence-corrected chi connectivity index (χ0v) is 10.2. The monoisotopic (exact) mass is 316 g/mol. The second-order valence-corrected chi connectivity index (χ2v) is 4.38. The molecule has 0 N–H and O–H groups in total. The van der Waals surface area contributed by atoms with Crippen LogP contribution in [0, 0.1) is 3.57 Å². The van der Waals surface area contributed by atoms with Crippen LogP contribution in [0.4, 0.5) is 0 Å². The van der Waals surface area contributed by atoms with E-state index in [-0.39, 0.29) is 5.56 Å². The van der Waals surface area contributed by atoms with Gasteiger partial charge in [-0.3, -0.25) is 4.79 Å². The Morgan fingerprint density at radius 2 is 2.27 bits per heavy atom. The Labute approximate surface area is 99.9 Å². The van der Waals surface area contributed by atoms with E-state index in [0.717, 1.165) is 9.26 Å². The number of pyridine rings is 1. The Morgan fingerprint density at radius 3 is 2.93 bits per heavy atom. The van der Waals surface area contributed by atoms with Gasteiger partial charge in [0.1, 0.15) is 5.69 Å². The van der Waals surface area contributed by atoms with E-state index in [0.29, 0.717) is 6.54 Å². The lowest BCUT2D eigenvalue weighted by Crippen LogP contribution is -2.19. The van der Waals surface area contributed by atoms with E-state index in [4.69, 9.17) is 0 Å². The highest BCUT2D eigenvalue weighted by Crippen LogP contribution is 2.01. The Morgan fingerprint density at radius 1 is 1.47 bits per heavy atom. The third-order valence-corrected chi connectivity index (χ3v) is 2.56. The van der Waals surface area contributed by atoms with Crippen molar-refractivity contribution in [3.05, 3.63) is 44.1 Å². The maximum atomic E-state index is 11.5. The second-order valence-electron chi connectivity index (χ2n) is 3.14. The molecular formula is C9H9IN4O. The average molecular weight is 316 g/mol. The Balaban J connectivity index is 2.31. The summed E-state index contributed by atoms with van der Waals surface area (Å²) in [5.41, 5.74) is 0.752. The van der Waals surface area contributed by atoms with E-state index in [1.807, 2.05) is 0 Å². The fraction of sp³-hybridized carbons (Fsp3) is 0.222. The zero-order valence-electron chi connectivity index (χ0n) is 8.09. The summed E-state index contributed by atoms with van der Waals surface area (Å²) in [5, 5.41) is 8.07. The molecule has 2 aromatic heterocycles. The molecule has 15 heavy (non-hydrogen) atoms. The predicted molar refractivity (Wildman–Crippen MR) is 63.5 cm³/mol. The lowest BCUT2D eigenvalue weighted by atomic mass is 10.4. The van der Waals surface area contributed by atoms with Gasteiger partial charge in [0.15, 0.2) is 0 Å². The van der Waals surface area contributed by atoms with Gasteiger partial charge in [0, 0.05) is 22.9 Å². The van der Waals surface area contributed by atoms with E-state index < -0.39 is 0 Å². The number of aryl methyl sites for hydroxylation is 1. The molecule has 0 saturated carbocycles. The van der Waals surface area contributed by atoms with Crippen molar-refractivity contribution in [2.75, 3.05) is 0 Å². The molecular weight excluding hydrogens is 307 g/mol. The summed E-state index contributed by atoms with van der Waals surface area (Å²) in [6.07, 6.45) is 3.46. The minimum atomic E-state index is -0.0268. The Bertz CT molecular complexity index is 531. The van der Waals surface area contributed by atoms with Gasteiger partial charge in [0.2, 0.25) is 0 Å². The van der Waals surface area contributed by atoms with Crippen LogP contribution in [0.15, 0.2) is 29.3 Å². The first-order valence-electron chi connectivity index (χ1n) is 4.36. The molecule has 0 amide bonds. The highest BCUT2D eigenvalue weighted by atomic mass is 127. The molecule has 0 unspecified atom stereocenters. The number of nitrogens with zero attached hydrogens (tertiary/aromatic N) is 4. The van der Waals surface area contributed by atoms with Crippen LogP contribution in [0.25, 0.3) is 0 Å². The lowest BCUT2D eigenvalue weighted by Gasteiger charge is -2.02. The number of rotatable bonds is 2. The van der Waals surface area contributed by atoms with Gasteiger partial charge in [0.05, 0.1) is 12.7 Å². The summed E-state index contributed by atoms with van der Waals surface area (Å²) >= 11 is 2.17. The first-order chi connectivity index (χ1) is 7.15. The van der Waals surface area contributed by atoms with E-state index in [1.165, 1.54) is 4.80 Å². The molecule has 6 heteroatoms. The lowest BCUT2D eigenvalue weighted by molar-refractivity contribution is 0.633. The molecule has 78 valence electrons. The van der Waals surface area contributed by atoms with Crippen LogP contribution in [0.3, 0.4) is 0 Å². The number of aromatic nitrogens is 4. The van der Waals surface area contributed by atoms with E-state index in [9.17, 15) is 4.79 Å². The van der Waals surface area contributed by atoms with Gasteiger partial charge in [-0.25, -0.2) is 0 Å². The molecule has 0 fully saturated rings. The molecule has 0 atom stereocenters. The van der Waals surface area contributed by atoms with Crippen molar-refractivity contribution < 1.29 is 0 Å². The van der Waals surface area contributed by atoms with Gasteiger partial charge in [-0.05, 0) is 28.7 Å². The molecule has 0 aliphatic rings. The SMILES string of the molecule is Cn1ncc(Cn2cc(I)ccc2=O)n1. The number of halogens is 1. The maximum Gasteiger partial charge on any atom is 0.250 e. The van der Waals surface area contributed by atoms with Crippen LogP contribution in [-0.2, 0) is 13.6 Å². The molecule has 2 rings (SSSR count). The molecule has 0 radical (unpaired) electrons. The van der Waals surface area contributed by atoms with Crippen LogP contribution >= 0.6 is 22.6 Å². The van der Waals surface area contributed by atoms with Gasteiger partial charge in [0.25, 0.3) is 5.56 Å². The van der Waals surface area contributed by atoms with Crippen molar-refractivity contribution >= 4 is 22.6 Å².